The topological polar surface area (TPSA) is 26.3 Å². The van der Waals surface area contributed by atoms with Gasteiger partial charge in [0.25, 0.3) is 0 Å². The molecule has 0 aliphatic rings. The fourth-order valence-electron chi connectivity index (χ4n) is 1.16. The Kier molecular flexibility index (Phi) is 4.49. The van der Waals surface area contributed by atoms with Crippen molar-refractivity contribution in [3.63, 3.8) is 0 Å². The van der Waals surface area contributed by atoms with E-state index in [2.05, 4.69) is 4.74 Å². The van der Waals surface area contributed by atoms with E-state index in [1.165, 1.54) is 0 Å². The zero-order valence-corrected chi connectivity index (χ0v) is 9.86. The molecule has 0 aliphatic heterocycles. The van der Waals surface area contributed by atoms with Gasteiger partial charge in [-0.1, -0.05) is 12.1 Å². The summed E-state index contributed by atoms with van der Waals surface area (Å²) >= 11 is 0. The summed E-state index contributed by atoms with van der Waals surface area (Å²) in [6.07, 6.45) is -6.53. The normalized spacial score (nSPS) is 13.1. The molecule has 0 saturated heterocycles. The zero-order valence-electron chi connectivity index (χ0n) is 9.86. The van der Waals surface area contributed by atoms with Crippen molar-refractivity contribution in [2.45, 2.75) is 18.0 Å². The first-order valence-corrected chi connectivity index (χ1v) is 5.14. The molecule has 0 heterocycles. The van der Waals surface area contributed by atoms with Gasteiger partial charge in [0.2, 0.25) is 0 Å². The first-order valence-electron chi connectivity index (χ1n) is 5.14. The lowest BCUT2D eigenvalue weighted by atomic mass is 10.1. The van der Waals surface area contributed by atoms with E-state index in [4.69, 9.17) is 0 Å². The van der Waals surface area contributed by atoms with E-state index in [-0.39, 0.29) is 0 Å². The average molecular weight is 322 g/mol. The third-order valence-electron chi connectivity index (χ3n) is 2.29. The molecule has 1 aromatic carbocycles. The summed E-state index contributed by atoms with van der Waals surface area (Å²) in [6.45, 7) is -2.55. The first-order chi connectivity index (χ1) is 9.40. The fourth-order valence-corrected chi connectivity index (χ4v) is 1.16. The summed E-state index contributed by atoms with van der Waals surface area (Å²) in [6, 6.07) is 3.79. The monoisotopic (exact) mass is 322 g/mol. The van der Waals surface area contributed by atoms with E-state index in [1.807, 2.05) is 0 Å². The minimum Gasteiger partial charge on any atom is -0.455 e. The SMILES string of the molecule is O=C(OCC(F)(F)C(F)(F)C(F)(F)F)c1ccccc1F. The van der Waals surface area contributed by atoms with Crippen LogP contribution in [0, 0.1) is 5.82 Å². The molecule has 118 valence electrons. The molecule has 2 nitrogen and oxygen atoms in total. The summed E-state index contributed by atoms with van der Waals surface area (Å²) in [5, 5.41) is 0. The van der Waals surface area contributed by atoms with Crippen LogP contribution in [0.1, 0.15) is 10.4 Å². The molecule has 0 spiro atoms. The number of carbonyl (C=O) groups is 1. The Bertz CT molecular complexity index is 523. The van der Waals surface area contributed by atoms with Crippen molar-refractivity contribution in [1.29, 1.82) is 0 Å². The van der Waals surface area contributed by atoms with Gasteiger partial charge in [0.05, 0.1) is 5.56 Å². The summed E-state index contributed by atoms with van der Waals surface area (Å²) in [5.74, 6) is -15.1. The standard InChI is InChI=1S/C11H6F8O2/c12-7-4-2-1-3-6(7)8(20)21-5-9(13,14)10(15,16)11(17,18)19/h1-4H,5H2. The summed E-state index contributed by atoms with van der Waals surface area (Å²) in [4.78, 5) is 11.2. The Morgan fingerprint density at radius 2 is 1.52 bits per heavy atom. The molecule has 10 heteroatoms. The van der Waals surface area contributed by atoms with Crippen molar-refractivity contribution < 1.29 is 44.7 Å². The van der Waals surface area contributed by atoms with E-state index in [0.717, 1.165) is 24.3 Å². The summed E-state index contributed by atoms with van der Waals surface area (Å²) < 4.78 is 103. The number of halogens is 8. The van der Waals surface area contributed by atoms with Crippen molar-refractivity contribution in [3.8, 4) is 0 Å². The second-order valence-corrected chi connectivity index (χ2v) is 3.83. The Morgan fingerprint density at radius 3 is 2.00 bits per heavy atom. The summed E-state index contributed by atoms with van der Waals surface area (Å²) in [7, 11) is 0. The molecule has 0 aromatic heterocycles. The maximum atomic E-state index is 13.1. The number of rotatable bonds is 4. The molecule has 0 bridgehead atoms. The molecule has 21 heavy (non-hydrogen) atoms. The van der Waals surface area contributed by atoms with Crippen molar-refractivity contribution in [2.75, 3.05) is 6.61 Å². The largest absolute Gasteiger partial charge is 0.460 e. The molecule has 0 saturated carbocycles. The number of benzene rings is 1. The fraction of sp³-hybridized carbons (Fsp3) is 0.364. The number of alkyl halides is 7. The van der Waals surface area contributed by atoms with E-state index >= 15 is 0 Å². The van der Waals surface area contributed by atoms with Crippen molar-refractivity contribution >= 4 is 5.97 Å². The smallest absolute Gasteiger partial charge is 0.455 e. The van der Waals surface area contributed by atoms with E-state index in [0.29, 0.717) is 0 Å². The lowest BCUT2D eigenvalue weighted by molar-refractivity contribution is -0.359. The molecule has 1 rings (SSSR count). The third-order valence-corrected chi connectivity index (χ3v) is 2.29. The van der Waals surface area contributed by atoms with Gasteiger partial charge < -0.3 is 4.74 Å². The second-order valence-electron chi connectivity index (χ2n) is 3.83. The number of hydrogen-bond donors (Lipinski definition) is 0. The van der Waals surface area contributed by atoms with Gasteiger partial charge in [-0.05, 0) is 12.1 Å². The molecule has 0 fully saturated rings. The number of carbonyl (C=O) groups excluding carboxylic acids is 1. The van der Waals surface area contributed by atoms with E-state index < -0.39 is 42.0 Å². The maximum absolute atomic E-state index is 13.1. The van der Waals surface area contributed by atoms with Gasteiger partial charge in [-0.3, -0.25) is 0 Å². The van der Waals surface area contributed by atoms with Gasteiger partial charge in [-0.2, -0.15) is 30.7 Å². The minimum atomic E-state index is -6.53. The molecule has 1 aromatic rings. The van der Waals surface area contributed by atoms with Crippen LogP contribution in [0.5, 0.6) is 0 Å². The predicted molar refractivity (Wildman–Crippen MR) is 52.6 cm³/mol. The molecule has 0 aliphatic carbocycles. The van der Waals surface area contributed by atoms with Gasteiger partial charge in [-0.15, -0.1) is 0 Å². The molecule has 0 unspecified atom stereocenters. The van der Waals surface area contributed by atoms with Crippen LogP contribution < -0.4 is 0 Å². The minimum absolute atomic E-state index is 0.749. The van der Waals surface area contributed by atoms with Crippen LogP contribution in [0.15, 0.2) is 24.3 Å². The highest BCUT2D eigenvalue weighted by Gasteiger charge is 2.73. The molecular formula is C11H6F8O2. The quantitative estimate of drug-likeness (QED) is 0.622. The van der Waals surface area contributed by atoms with Gasteiger partial charge in [0.15, 0.2) is 6.61 Å². The molecular weight excluding hydrogens is 316 g/mol. The predicted octanol–water partition coefficient (Wildman–Crippen LogP) is 3.82. The lowest BCUT2D eigenvalue weighted by Gasteiger charge is -2.27. The number of ether oxygens (including phenoxy) is 1. The Labute approximate surface area is 112 Å². The highest BCUT2D eigenvalue weighted by atomic mass is 19.4. The zero-order chi connectivity index (χ0) is 16.5. The molecule has 0 radical (unpaired) electrons. The third kappa shape index (κ3) is 3.42. The van der Waals surface area contributed by atoms with Crippen molar-refractivity contribution in [3.05, 3.63) is 35.6 Å². The van der Waals surface area contributed by atoms with Crippen LogP contribution in [0.3, 0.4) is 0 Å². The second kappa shape index (κ2) is 5.49. The Hall–Kier alpha value is -1.87. The van der Waals surface area contributed by atoms with Crippen molar-refractivity contribution in [1.82, 2.24) is 0 Å². The molecule has 0 N–H and O–H groups in total. The van der Waals surface area contributed by atoms with Crippen LogP contribution in [-0.4, -0.2) is 30.6 Å². The summed E-state index contributed by atoms with van der Waals surface area (Å²) in [5.41, 5.74) is -0.872. The highest BCUT2D eigenvalue weighted by molar-refractivity contribution is 5.89. The van der Waals surface area contributed by atoms with Crippen LogP contribution >= 0.6 is 0 Å². The van der Waals surface area contributed by atoms with Gasteiger partial charge in [0.1, 0.15) is 5.82 Å². The lowest BCUT2D eigenvalue weighted by Crippen LogP contribution is -2.54. The van der Waals surface area contributed by atoms with Crippen LogP contribution in [0.4, 0.5) is 35.1 Å². The first kappa shape index (κ1) is 17.2. The van der Waals surface area contributed by atoms with E-state index in [1.54, 1.807) is 0 Å². The Balaban J connectivity index is 2.83. The van der Waals surface area contributed by atoms with Gasteiger partial charge in [-0.25, -0.2) is 9.18 Å². The van der Waals surface area contributed by atoms with Crippen LogP contribution in [0.2, 0.25) is 0 Å². The van der Waals surface area contributed by atoms with Crippen molar-refractivity contribution in [2.24, 2.45) is 0 Å². The maximum Gasteiger partial charge on any atom is 0.460 e. The number of hydrogen-bond acceptors (Lipinski definition) is 2. The van der Waals surface area contributed by atoms with Crippen LogP contribution in [0.25, 0.3) is 0 Å². The number of esters is 1. The Morgan fingerprint density at radius 1 is 1.00 bits per heavy atom. The molecule has 0 atom stereocenters. The highest BCUT2D eigenvalue weighted by Crippen LogP contribution is 2.46. The average Bonchev–Trinajstić information content (AvgIpc) is 2.35. The molecule has 0 amide bonds. The van der Waals surface area contributed by atoms with E-state index in [9.17, 15) is 39.9 Å². The van der Waals surface area contributed by atoms with Gasteiger partial charge in [0, 0.05) is 0 Å². The van der Waals surface area contributed by atoms with Crippen LogP contribution in [-0.2, 0) is 4.74 Å². The van der Waals surface area contributed by atoms with Gasteiger partial charge >= 0.3 is 24.0 Å².